The van der Waals surface area contributed by atoms with Crippen molar-refractivity contribution < 1.29 is 9.72 Å². The number of nitrogens with zero attached hydrogens (tertiary/aromatic N) is 3. The molecule has 1 aromatic rings. The molecule has 3 N–H and O–H groups in total. The number of rotatable bonds is 3. The molecular weight excluding hydrogens is 202 g/mol. The normalized spacial score (nSPS) is 12.2. The third-order valence-electron chi connectivity index (χ3n) is 1.99. The molecule has 1 heterocycles. The molecule has 0 radical (unpaired) electrons. The number of hydrogen-bond acceptors (Lipinski definition) is 5. The highest BCUT2D eigenvalue weighted by Crippen LogP contribution is 2.15. The fraction of sp³-hybridized carbons (Fsp3) is 0.429. The number of carbonyl (C=O) groups excluding carboxylic acids is 1. The molecule has 1 aromatic heterocycles. The fourth-order valence-electron chi connectivity index (χ4n) is 1.18. The first-order chi connectivity index (χ1) is 6.97. The molecule has 0 saturated carbocycles. The van der Waals surface area contributed by atoms with Crippen LogP contribution in [0.5, 0.6) is 0 Å². The maximum Gasteiger partial charge on any atom is 0.390 e. The molecule has 0 aromatic carbocycles. The summed E-state index contributed by atoms with van der Waals surface area (Å²) in [5.74, 6) is 4.20. The molecule has 1 atom stereocenters. The molecule has 0 saturated heterocycles. The van der Waals surface area contributed by atoms with Crippen LogP contribution in [0.3, 0.4) is 0 Å². The van der Waals surface area contributed by atoms with E-state index in [4.69, 9.17) is 5.84 Å². The Kier molecular flexibility index (Phi) is 3.00. The van der Waals surface area contributed by atoms with Crippen LogP contribution >= 0.6 is 0 Å². The predicted molar refractivity (Wildman–Crippen MR) is 50.7 cm³/mol. The largest absolute Gasteiger partial charge is 0.390 e. The topological polar surface area (TPSA) is 116 Å². The Hall–Kier alpha value is -1.96. The highest BCUT2D eigenvalue weighted by Gasteiger charge is 2.23. The van der Waals surface area contributed by atoms with Gasteiger partial charge in [-0.25, -0.2) is 5.84 Å². The van der Waals surface area contributed by atoms with Crippen LogP contribution in [0.1, 0.15) is 18.7 Å². The molecule has 0 aliphatic rings. The van der Waals surface area contributed by atoms with Gasteiger partial charge in [-0.05, 0) is 18.8 Å². The van der Waals surface area contributed by atoms with Gasteiger partial charge in [0.2, 0.25) is 0 Å². The van der Waals surface area contributed by atoms with Crippen molar-refractivity contribution >= 4 is 11.7 Å². The van der Waals surface area contributed by atoms with Crippen LogP contribution in [0.4, 0.5) is 5.82 Å². The summed E-state index contributed by atoms with van der Waals surface area (Å²) in [6.45, 7) is 3.17. The lowest BCUT2D eigenvalue weighted by atomic mass is 10.3. The van der Waals surface area contributed by atoms with E-state index in [0.717, 1.165) is 0 Å². The number of amides is 1. The van der Waals surface area contributed by atoms with Gasteiger partial charge < -0.3 is 10.1 Å². The molecule has 1 amide bonds. The van der Waals surface area contributed by atoms with E-state index in [0.29, 0.717) is 5.69 Å². The van der Waals surface area contributed by atoms with E-state index in [-0.39, 0.29) is 5.82 Å². The Bertz CT molecular complexity index is 399. The minimum Gasteiger partial charge on any atom is -0.358 e. The van der Waals surface area contributed by atoms with Gasteiger partial charge >= 0.3 is 5.82 Å². The molecule has 8 nitrogen and oxygen atoms in total. The standard InChI is InChI=1S/C7H11N5O3/c1-4-3-6(12(14)15)10-11(4)5(2)7(13)9-8/h3,5H,8H2,1-2H3,(H,9,13). The number of aryl methyl sites for hydroxylation is 1. The van der Waals surface area contributed by atoms with E-state index >= 15 is 0 Å². The molecule has 0 bridgehead atoms. The minimum absolute atomic E-state index is 0.288. The first kappa shape index (κ1) is 11.1. The van der Waals surface area contributed by atoms with Gasteiger partial charge in [-0.15, -0.1) is 0 Å². The molecule has 1 unspecified atom stereocenters. The summed E-state index contributed by atoms with van der Waals surface area (Å²) in [4.78, 5) is 21.0. The average molecular weight is 213 g/mol. The van der Waals surface area contributed by atoms with Gasteiger partial charge in [-0.2, -0.15) is 4.68 Å². The van der Waals surface area contributed by atoms with Crippen molar-refractivity contribution in [3.8, 4) is 0 Å². The monoisotopic (exact) mass is 213 g/mol. The number of carbonyl (C=O) groups is 1. The van der Waals surface area contributed by atoms with Gasteiger partial charge in [-0.1, -0.05) is 0 Å². The molecule has 0 aliphatic carbocycles. The van der Waals surface area contributed by atoms with Crippen LogP contribution in [0.25, 0.3) is 0 Å². The highest BCUT2D eigenvalue weighted by molar-refractivity contribution is 5.79. The number of nitro groups is 1. The Labute approximate surface area is 85.2 Å². The van der Waals surface area contributed by atoms with Gasteiger partial charge in [0.05, 0.1) is 16.9 Å². The van der Waals surface area contributed by atoms with E-state index in [2.05, 4.69) is 5.10 Å². The number of nitrogens with two attached hydrogens (primary N) is 1. The quantitative estimate of drug-likeness (QED) is 0.308. The summed E-state index contributed by atoms with van der Waals surface area (Å²) in [6.07, 6.45) is 0. The summed E-state index contributed by atoms with van der Waals surface area (Å²) in [7, 11) is 0. The molecule has 0 fully saturated rings. The lowest BCUT2D eigenvalue weighted by Crippen LogP contribution is -2.36. The summed E-state index contributed by atoms with van der Waals surface area (Å²) >= 11 is 0. The van der Waals surface area contributed by atoms with Crippen molar-refractivity contribution in [3.63, 3.8) is 0 Å². The van der Waals surface area contributed by atoms with Crippen LogP contribution in [0.15, 0.2) is 6.07 Å². The summed E-state index contributed by atoms with van der Waals surface area (Å²) < 4.78 is 1.25. The van der Waals surface area contributed by atoms with Crippen molar-refractivity contribution in [1.82, 2.24) is 15.2 Å². The Morgan fingerprint density at radius 1 is 1.80 bits per heavy atom. The van der Waals surface area contributed by atoms with Crippen molar-refractivity contribution in [2.24, 2.45) is 5.84 Å². The second kappa shape index (κ2) is 4.05. The number of hydrazine groups is 1. The predicted octanol–water partition coefficient (Wildman–Crippen LogP) is -0.349. The molecule has 8 heteroatoms. The summed E-state index contributed by atoms with van der Waals surface area (Å²) in [6, 6.07) is 0.615. The second-order valence-electron chi connectivity index (χ2n) is 3.03. The van der Waals surface area contributed by atoms with Gasteiger partial charge in [0.1, 0.15) is 0 Å². The van der Waals surface area contributed by atoms with Crippen LogP contribution in [0, 0.1) is 17.0 Å². The van der Waals surface area contributed by atoms with E-state index < -0.39 is 16.9 Å². The van der Waals surface area contributed by atoms with Crippen molar-refractivity contribution in [2.75, 3.05) is 0 Å². The maximum absolute atomic E-state index is 11.2. The van der Waals surface area contributed by atoms with Crippen LogP contribution in [-0.2, 0) is 4.79 Å². The van der Waals surface area contributed by atoms with Crippen molar-refractivity contribution in [2.45, 2.75) is 19.9 Å². The fourth-order valence-corrected chi connectivity index (χ4v) is 1.18. The van der Waals surface area contributed by atoms with Gasteiger partial charge in [0.15, 0.2) is 6.04 Å². The molecule has 15 heavy (non-hydrogen) atoms. The van der Waals surface area contributed by atoms with Gasteiger partial charge in [-0.3, -0.25) is 10.2 Å². The molecule has 0 spiro atoms. The van der Waals surface area contributed by atoms with E-state index in [1.807, 2.05) is 5.43 Å². The average Bonchev–Trinajstić information content (AvgIpc) is 2.58. The first-order valence-corrected chi connectivity index (χ1v) is 4.18. The van der Waals surface area contributed by atoms with Gasteiger partial charge in [0, 0.05) is 0 Å². The highest BCUT2D eigenvalue weighted by atomic mass is 16.6. The minimum atomic E-state index is -0.677. The number of aromatic nitrogens is 2. The molecule has 1 rings (SSSR count). The van der Waals surface area contributed by atoms with E-state index in [1.165, 1.54) is 10.7 Å². The SMILES string of the molecule is Cc1cc([N+](=O)[O-])nn1C(C)C(=O)NN. The van der Waals surface area contributed by atoms with Crippen LogP contribution in [-0.4, -0.2) is 20.6 Å². The van der Waals surface area contributed by atoms with E-state index in [9.17, 15) is 14.9 Å². The third-order valence-corrected chi connectivity index (χ3v) is 1.99. The zero-order chi connectivity index (χ0) is 11.6. The maximum atomic E-state index is 11.2. The lowest BCUT2D eigenvalue weighted by molar-refractivity contribution is -0.389. The van der Waals surface area contributed by atoms with Crippen LogP contribution < -0.4 is 11.3 Å². The van der Waals surface area contributed by atoms with Crippen LogP contribution in [0.2, 0.25) is 0 Å². The van der Waals surface area contributed by atoms with E-state index in [1.54, 1.807) is 13.8 Å². The number of nitrogens with one attached hydrogen (secondary N) is 1. The van der Waals surface area contributed by atoms with Crippen molar-refractivity contribution in [3.05, 3.63) is 21.9 Å². The zero-order valence-corrected chi connectivity index (χ0v) is 8.30. The van der Waals surface area contributed by atoms with Gasteiger partial charge in [0.25, 0.3) is 5.91 Å². The van der Waals surface area contributed by atoms with Crippen molar-refractivity contribution in [1.29, 1.82) is 0 Å². The Morgan fingerprint density at radius 3 is 2.80 bits per heavy atom. The first-order valence-electron chi connectivity index (χ1n) is 4.18. The molecular formula is C7H11N5O3. The number of hydrogen-bond donors (Lipinski definition) is 2. The lowest BCUT2D eigenvalue weighted by Gasteiger charge is -2.07. The Balaban J connectivity index is 3.04. The zero-order valence-electron chi connectivity index (χ0n) is 8.30. The summed E-state index contributed by atoms with van der Waals surface area (Å²) in [5.41, 5.74) is 2.49. The molecule has 82 valence electrons. The smallest absolute Gasteiger partial charge is 0.358 e. The Morgan fingerprint density at radius 2 is 2.40 bits per heavy atom. The molecule has 0 aliphatic heterocycles. The second-order valence-corrected chi connectivity index (χ2v) is 3.03. The third kappa shape index (κ3) is 2.10. The summed E-state index contributed by atoms with van der Waals surface area (Å²) in [5, 5.41) is 14.1.